The van der Waals surface area contributed by atoms with Gasteiger partial charge < -0.3 is 10.1 Å². The van der Waals surface area contributed by atoms with E-state index in [1.165, 1.54) is 11.8 Å². The van der Waals surface area contributed by atoms with Gasteiger partial charge in [-0.05, 0) is 62.4 Å². The van der Waals surface area contributed by atoms with Crippen LogP contribution in [0.2, 0.25) is 5.02 Å². The fourth-order valence-electron chi connectivity index (χ4n) is 3.34. The lowest BCUT2D eigenvalue weighted by molar-refractivity contribution is -0.113. The molecule has 1 heterocycles. The standard InChI is InChI=1S/C26H23ClN4O3S/c1-3-34-25(33)18-9-11-21(12-10-18)28-23(32)16-35-26-30-29-24(19-5-4-6-20(27)15-19)31(26)22-13-7-17(2)8-14-22/h4-15H,3,16H2,1-2H3,(H,28,32). The van der Waals surface area contributed by atoms with Crippen molar-refractivity contribution >= 4 is 40.9 Å². The molecule has 0 atom stereocenters. The van der Waals surface area contributed by atoms with Gasteiger partial charge in [-0.15, -0.1) is 10.2 Å². The van der Waals surface area contributed by atoms with E-state index in [0.29, 0.717) is 33.9 Å². The molecule has 3 aromatic carbocycles. The zero-order valence-electron chi connectivity index (χ0n) is 19.2. The van der Waals surface area contributed by atoms with Gasteiger partial charge in [-0.1, -0.05) is 53.2 Å². The Morgan fingerprint density at radius 1 is 1.03 bits per heavy atom. The molecule has 0 saturated carbocycles. The minimum Gasteiger partial charge on any atom is -0.462 e. The van der Waals surface area contributed by atoms with Crippen LogP contribution in [0.5, 0.6) is 0 Å². The minimum absolute atomic E-state index is 0.124. The summed E-state index contributed by atoms with van der Waals surface area (Å²) in [4.78, 5) is 24.4. The Hall–Kier alpha value is -3.62. The molecule has 178 valence electrons. The van der Waals surface area contributed by atoms with Gasteiger partial charge in [-0.3, -0.25) is 9.36 Å². The number of aryl methyl sites for hydroxylation is 1. The van der Waals surface area contributed by atoms with Gasteiger partial charge in [0.25, 0.3) is 0 Å². The molecule has 4 rings (SSSR count). The molecule has 0 fully saturated rings. The number of hydrogen-bond acceptors (Lipinski definition) is 6. The molecule has 4 aromatic rings. The zero-order valence-corrected chi connectivity index (χ0v) is 20.8. The van der Waals surface area contributed by atoms with Gasteiger partial charge in [-0.2, -0.15) is 0 Å². The van der Waals surface area contributed by atoms with Crippen LogP contribution >= 0.6 is 23.4 Å². The Bertz CT molecular complexity index is 1340. The van der Waals surface area contributed by atoms with Crippen molar-refractivity contribution < 1.29 is 14.3 Å². The van der Waals surface area contributed by atoms with Crippen LogP contribution in [0, 0.1) is 6.92 Å². The largest absolute Gasteiger partial charge is 0.462 e. The highest BCUT2D eigenvalue weighted by Crippen LogP contribution is 2.29. The normalized spacial score (nSPS) is 10.7. The first kappa shape index (κ1) is 24.5. The SMILES string of the molecule is CCOC(=O)c1ccc(NC(=O)CSc2nnc(-c3cccc(Cl)c3)n2-c2ccc(C)cc2)cc1. The maximum atomic E-state index is 12.6. The summed E-state index contributed by atoms with van der Waals surface area (Å²) in [6.07, 6.45) is 0. The van der Waals surface area contributed by atoms with Crippen LogP contribution in [-0.2, 0) is 9.53 Å². The van der Waals surface area contributed by atoms with Crippen molar-refractivity contribution in [3.8, 4) is 17.1 Å². The number of benzene rings is 3. The molecule has 0 saturated heterocycles. The topological polar surface area (TPSA) is 86.1 Å². The van der Waals surface area contributed by atoms with Crippen LogP contribution in [-0.4, -0.2) is 39.0 Å². The third-order valence-electron chi connectivity index (χ3n) is 5.02. The van der Waals surface area contributed by atoms with Crippen molar-refractivity contribution in [2.75, 3.05) is 17.7 Å². The number of aromatic nitrogens is 3. The van der Waals surface area contributed by atoms with Crippen molar-refractivity contribution in [3.05, 3.63) is 88.9 Å². The molecule has 1 N–H and O–H groups in total. The predicted octanol–water partition coefficient (Wildman–Crippen LogP) is 5.80. The number of hydrogen-bond donors (Lipinski definition) is 1. The van der Waals surface area contributed by atoms with E-state index in [1.54, 1.807) is 37.3 Å². The number of ether oxygens (including phenoxy) is 1. The number of carbonyl (C=O) groups excluding carboxylic acids is 2. The van der Waals surface area contributed by atoms with Crippen LogP contribution in [0.3, 0.4) is 0 Å². The van der Waals surface area contributed by atoms with Gasteiger partial charge in [-0.25, -0.2) is 4.79 Å². The summed E-state index contributed by atoms with van der Waals surface area (Å²) in [6.45, 7) is 4.08. The first-order valence-electron chi connectivity index (χ1n) is 10.9. The number of thioether (sulfide) groups is 1. The molecule has 0 unspecified atom stereocenters. The highest BCUT2D eigenvalue weighted by atomic mass is 35.5. The molecular formula is C26H23ClN4O3S. The Morgan fingerprint density at radius 2 is 1.77 bits per heavy atom. The number of anilines is 1. The molecule has 35 heavy (non-hydrogen) atoms. The van der Waals surface area contributed by atoms with E-state index >= 15 is 0 Å². The lowest BCUT2D eigenvalue weighted by atomic mass is 10.2. The second kappa shape index (κ2) is 11.2. The van der Waals surface area contributed by atoms with E-state index < -0.39 is 5.97 Å². The Balaban J connectivity index is 1.51. The molecule has 7 nitrogen and oxygen atoms in total. The zero-order chi connectivity index (χ0) is 24.8. The molecule has 1 aromatic heterocycles. The molecule has 0 aliphatic carbocycles. The summed E-state index contributed by atoms with van der Waals surface area (Å²) in [7, 11) is 0. The number of esters is 1. The second-order valence-corrected chi connectivity index (χ2v) is 9.00. The molecule has 1 amide bonds. The van der Waals surface area contributed by atoms with Crippen LogP contribution in [0.1, 0.15) is 22.8 Å². The number of nitrogens with one attached hydrogen (secondary N) is 1. The summed E-state index contributed by atoms with van der Waals surface area (Å²) in [5.74, 6) is 0.154. The van der Waals surface area contributed by atoms with E-state index in [2.05, 4.69) is 15.5 Å². The fraction of sp³-hybridized carbons (Fsp3) is 0.154. The quantitative estimate of drug-likeness (QED) is 0.240. The van der Waals surface area contributed by atoms with Crippen molar-refractivity contribution in [2.45, 2.75) is 19.0 Å². The van der Waals surface area contributed by atoms with Gasteiger partial charge in [0.1, 0.15) is 0 Å². The van der Waals surface area contributed by atoms with E-state index in [1.807, 2.05) is 54.0 Å². The Morgan fingerprint density at radius 3 is 2.46 bits per heavy atom. The molecule has 0 bridgehead atoms. The summed E-state index contributed by atoms with van der Waals surface area (Å²) in [5.41, 5.74) is 3.85. The third-order valence-corrected chi connectivity index (χ3v) is 6.18. The van der Waals surface area contributed by atoms with E-state index in [4.69, 9.17) is 16.3 Å². The monoisotopic (exact) mass is 506 g/mol. The number of carbonyl (C=O) groups is 2. The van der Waals surface area contributed by atoms with Crippen molar-refractivity contribution in [1.82, 2.24) is 14.8 Å². The number of halogens is 1. The second-order valence-electron chi connectivity index (χ2n) is 7.62. The van der Waals surface area contributed by atoms with Crippen molar-refractivity contribution in [2.24, 2.45) is 0 Å². The lowest BCUT2D eigenvalue weighted by Gasteiger charge is -2.11. The minimum atomic E-state index is -0.396. The summed E-state index contributed by atoms with van der Waals surface area (Å²) < 4.78 is 6.89. The summed E-state index contributed by atoms with van der Waals surface area (Å²) in [5, 5.41) is 12.8. The average Bonchev–Trinajstić information content (AvgIpc) is 3.28. The van der Waals surface area contributed by atoms with E-state index in [0.717, 1.165) is 16.8 Å². The smallest absolute Gasteiger partial charge is 0.338 e. The molecule has 0 aliphatic heterocycles. The molecule has 0 spiro atoms. The number of rotatable bonds is 8. The predicted molar refractivity (Wildman–Crippen MR) is 138 cm³/mol. The first-order valence-corrected chi connectivity index (χ1v) is 12.3. The maximum absolute atomic E-state index is 12.6. The van der Waals surface area contributed by atoms with Gasteiger partial charge in [0.05, 0.1) is 17.9 Å². The molecular weight excluding hydrogens is 484 g/mol. The Labute approximate surface area is 212 Å². The molecule has 0 aliphatic rings. The summed E-state index contributed by atoms with van der Waals surface area (Å²) in [6, 6.07) is 22.0. The van der Waals surface area contributed by atoms with E-state index in [9.17, 15) is 9.59 Å². The van der Waals surface area contributed by atoms with E-state index in [-0.39, 0.29) is 11.7 Å². The van der Waals surface area contributed by atoms with Crippen LogP contribution in [0.4, 0.5) is 5.69 Å². The average molecular weight is 507 g/mol. The highest BCUT2D eigenvalue weighted by Gasteiger charge is 2.18. The Kier molecular flexibility index (Phi) is 7.84. The number of nitrogens with zero attached hydrogens (tertiary/aromatic N) is 3. The highest BCUT2D eigenvalue weighted by molar-refractivity contribution is 7.99. The van der Waals surface area contributed by atoms with Crippen molar-refractivity contribution in [3.63, 3.8) is 0 Å². The number of amides is 1. The van der Waals surface area contributed by atoms with Crippen LogP contribution in [0.15, 0.2) is 78.0 Å². The third kappa shape index (κ3) is 6.09. The first-order chi connectivity index (χ1) is 16.9. The van der Waals surface area contributed by atoms with Crippen molar-refractivity contribution in [1.29, 1.82) is 0 Å². The fourth-order valence-corrected chi connectivity index (χ4v) is 4.28. The van der Waals surface area contributed by atoms with Crippen LogP contribution < -0.4 is 5.32 Å². The molecule has 9 heteroatoms. The summed E-state index contributed by atoms with van der Waals surface area (Å²) >= 11 is 7.48. The van der Waals surface area contributed by atoms with Gasteiger partial charge in [0.2, 0.25) is 5.91 Å². The lowest BCUT2D eigenvalue weighted by Crippen LogP contribution is -2.15. The van der Waals surface area contributed by atoms with Gasteiger partial charge in [0, 0.05) is 22.0 Å². The van der Waals surface area contributed by atoms with Gasteiger partial charge in [0.15, 0.2) is 11.0 Å². The van der Waals surface area contributed by atoms with Gasteiger partial charge >= 0.3 is 5.97 Å². The molecule has 0 radical (unpaired) electrons. The van der Waals surface area contributed by atoms with Crippen LogP contribution in [0.25, 0.3) is 17.1 Å². The maximum Gasteiger partial charge on any atom is 0.338 e.